The topological polar surface area (TPSA) is 61.8 Å². The number of amides is 1. The van der Waals surface area contributed by atoms with E-state index in [0.29, 0.717) is 24.2 Å². The van der Waals surface area contributed by atoms with Gasteiger partial charge in [-0.2, -0.15) is 0 Å². The number of piperidine rings is 1. The Morgan fingerprint density at radius 2 is 2.04 bits per heavy atom. The largest absolute Gasteiger partial charge is 0.390 e. The lowest BCUT2D eigenvalue weighted by Gasteiger charge is -2.60. The minimum Gasteiger partial charge on any atom is -0.390 e. The lowest BCUT2D eigenvalue weighted by atomic mass is 9.47. The number of hydrogen-bond acceptors (Lipinski definition) is 4. The van der Waals surface area contributed by atoms with Crippen molar-refractivity contribution in [1.82, 2.24) is 10.2 Å². The van der Waals surface area contributed by atoms with Gasteiger partial charge in [0.25, 0.3) is 0 Å². The summed E-state index contributed by atoms with van der Waals surface area (Å²) in [7, 11) is 1.75. The number of nitrogens with one attached hydrogen (secondary N) is 1. The van der Waals surface area contributed by atoms with Gasteiger partial charge in [-0.25, -0.2) is 0 Å². The number of methoxy groups -OCH3 is 1. The van der Waals surface area contributed by atoms with Gasteiger partial charge in [0, 0.05) is 33.2 Å². The average molecular weight is 365 g/mol. The number of carbonyl (C=O) groups excluding carboxylic acids is 1. The van der Waals surface area contributed by atoms with E-state index in [1.807, 2.05) is 0 Å². The zero-order chi connectivity index (χ0) is 18.2. The summed E-state index contributed by atoms with van der Waals surface area (Å²) in [6.45, 7) is 4.80. The molecule has 0 radical (unpaired) electrons. The summed E-state index contributed by atoms with van der Waals surface area (Å²) in [5.41, 5.74) is -0.379. The molecule has 1 saturated heterocycles. The molecule has 3 atom stereocenters. The first-order chi connectivity index (χ1) is 12.5. The van der Waals surface area contributed by atoms with E-state index in [2.05, 4.69) is 10.2 Å². The molecular formula is C21H36N2O3. The molecule has 5 nitrogen and oxygen atoms in total. The second kappa shape index (κ2) is 7.40. The predicted octanol–water partition coefficient (Wildman–Crippen LogP) is 2.18. The van der Waals surface area contributed by atoms with Crippen molar-refractivity contribution < 1.29 is 14.6 Å². The zero-order valence-electron chi connectivity index (χ0n) is 16.3. The molecule has 4 bridgehead atoms. The molecule has 4 aliphatic carbocycles. The smallest absolute Gasteiger partial charge is 0.220 e. The van der Waals surface area contributed by atoms with Crippen molar-refractivity contribution in [3.8, 4) is 0 Å². The van der Waals surface area contributed by atoms with Gasteiger partial charge in [0.2, 0.25) is 5.91 Å². The quantitative estimate of drug-likeness (QED) is 0.727. The molecule has 5 aliphatic rings. The summed E-state index contributed by atoms with van der Waals surface area (Å²) in [4.78, 5) is 15.2. The molecular weight excluding hydrogens is 328 g/mol. The van der Waals surface area contributed by atoms with Crippen molar-refractivity contribution in [1.29, 1.82) is 0 Å². The van der Waals surface area contributed by atoms with Crippen LogP contribution >= 0.6 is 0 Å². The Hall–Kier alpha value is -0.650. The number of hydrogen-bond donors (Lipinski definition) is 2. The number of rotatable bonds is 7. The fraction of sp³-hybridized carbons (Fsp3) is 0.952. The molecule has 5 rings (SSSR count). The van der Waals surface area contributed by atoms with Crippen molar-refractivity contribution in [2.24, 2.45) is 23.2 Å². The molecule has 4 saturated carbocycles. The van der Waals surface area contributed by atoms with E-state index in [0.717, 1.165) is 64.9 Å². The number of ether oxygens (including phenoxy) is 1. The van der Waals surface area contributed by atoms with Gasteiger partial charge in [-0.3, -0.25) is 4.79 Å². The third kappa shape index (κ3) is 4.10. The minimum atomic E-state index is -0.463. The van der Waals surface area contributed by atoms with Crippen LogP contribution in [-0.4, -0.2) is 61.4 Å². The molecule has 26 heavy (non-hydrogen) atoms. The number of carbonyl (C=O) groups is 1. The second-order valence-electron chi connectivity index (χ2n) is 9.97. The fourth-order valence-corrected chi connectivity index (χ4v) is 7.01. The maximum atomic E-state index is 12.7. The van der Waals surface area contributed by atoms with Gasteiger partial charge >= 0.3 is 0 Å². The lowest BCUT2D eigenvalue weighted by Crippen LogP contribution is -2.56. The molecule has 1 heterocycles. The van der Waals surface area contributed by atoms with E-state index in [1.54, 1.807) is 7.11 Å². The second-order valence-corrected chi connectivity index (χ2v) is 9.97. The van der Waals surface area contributed by atoms with E-state index < -0.39 is 5.60 Å². The molecule has 0 aromatic heterocycles. The Balaban J connectivity index is 1.26. The molecule has 148 valence electrons. The third-order valence-corrected chi connectivity index (χ3v) is 7.49. The van der Waals surface area contributed by atoms with Crippen LogP contribution in [-0.2, 0) is 9.53 Å². The first-order valence-electron chi connectivity index (χ1n) is 10.7. The molecule has 5 fully saturated rings. The highest BCUT2D eigenvalue weighted by Crippen LogP contribution is 2.62. The molecule has 5 heteroatoms. The van der Waals surface area contributed by atoms with Crippen molar-refractivity contribution >= 4 is 5.91 Å². The van der Waals surface area contributed by atoms with Gasteiger partial charge in [0.15, 0.2) is 0 Å². The standard InChI is InChI=1S/C21H36N2O3/c1-26-6-5-23-4-2-3-16(14-23)13-22-19(24)12-20-8-17-7-18(9-20)11-21(25,10-17)15-20/h16-18,25H,2-15H2,1H3,(H,22,24). The molecule has 1 amide bonds. The van der Waals surface area contributed by atoms with Gasteiger partial charge in [-0.05, 0) is 81.1 Å². The Morgan fingerprint density at radius 3 is 2.73 bits per heavy atom. The summed E-state index contributed by atoms with van der Waals surface area (Å²) < 4.78 is 5.19. The van der Waals surface area contributed by atoms with Crippen LogP contribution in [0, 0.1) is 23.2 Å². The molecule has 1 aliphatic heterocycles. The van der Waals surface area contributed by atoms with Crippen LogP contribution in [0.1, 0.15) is 57.8 Å². The number of aliphatic hydroxyl groups is 1. The van der Waals surface area contributed by atoms with Crippen LogP contribution in [0.4, 0.5) is 0 Å². The van der Waals surface area contributed by atoms with Crippen LogP contribution in [0.15, 0.2) is 0 Å². The highest BCUT2D eigenvalue weighted by molar-refractivity contribution is 5.76. The van der Waals surface area contributed by atoms with Crippen molar-refractivity contribution in [2.45, 2.75) is 63.4 Å². The first kappa shape index (κ1) is 18.7. The summed E-state index contributed by atoms with van der Waals surface area (Å²) in [6, 6.07) is 0. The van der Waals surface area contributed by atoms with E-state index in [9.17, 15) is 9.90 Å². The summed E-state index contributed by atoms with van der Waals surface area (Å²) in [5.74, 6) is 2.08. The van der Waals surface area contributed by atoms with Crippen molar-refractivity contribution in [2.75, 3.05) is 39.9 Å². The zero-order valence-corrected chi connectivity index (χ0v) is 16.3. The highest BCUT2D eigenvalue weighted by atomic mass is 16.5. The molecule has 0 aromatic rings. The van der Waals surface area contributed by atoms with Crippen molar-refractivity contribution in [3.63, 3.8) is 0 Å². The SMILES string of the molecule is COCCN1CCCC(CNC(=O)CC23CC4CC(CC(O)(C4)C2)C3)C1. The summed E-state index contributed by atoms with van der Waals surface area (Å²) in [6.07, 6.45) is 9.46. The van der Waals surface area contributed by atoms with E-state index in [1.165, 1.54) is 19.3 Å². The summed E-state index contributed by atoms with van der Waals surface area (Å²) >= 11 is 0. The van der Waals surface area contributed by atoms with Gasteiger partial charge in [-0.1, -0.05) is 0 Å². The van der Waals surface area contributed by atoms with E-state index >= 15 is 0 Å². The Morgan fingerprint density at radius 1 is 1.27 bits per heavy atom. The van der Waals surface area contributed by atoms with Gasteiger partial charge in [0.1, 0.15) is 0 Å². The van der Waals surface area contributed by atoms with Gasteiger partial charge in [-0.15, -0.1) is 0 Å². The Labute approximate surface area is 157 Å². The van der Waals surface area contributed by atoms with Crippen LogP contribution in [0.5, 0.6) is 0 Å². The fourth-order valence-electron chi connectivity index (χ4n) is 7.01. The van der Waals surface area contributed by atoms with Crippen LogP contribution < -0.4 is 5.32 Å². The van der Waals surface area contributed by atoms with Crippen LogP contribution in [0.2, 0.25) is 0 Å². The number of likely N-dealkylation sites (tertiary alicyclic amines) is 1. The van der Waals surface area contributed by atoms with Crippen LogP contribution in [0.25, 0.3) is 0 Å². The predicted molar refractivity (Wildman–Crippen MR) is 101 cm³/mol. The number of nitrogens with zero attached hydrogens (tertiary/aromatic N) is 1. The molecule has 2 N–H and O–H groups in total. The molecule has 3 unspecified atom stereocenters. The van der Waals surface area contributed by atoms with E-state index in [-0.39, 0.29) is 11.3 Å². The molecule has 0 aromatic carbocycles. The minimum absolute atomic E-state index is 0.0833. The third-order valence-electron chi connectivity index (χ3n) is 7.49. The lowest BCUT2D eigenvalue weighted by molar-refractivity contribution is -0.169. The van der Waals surface area contributed by atoms with E-state index in [4.69, 9.17) is 4.74 Å². The summed E-state index contributed by atoms with van der Waals surface area (Å²) in [5, 5.41) is 14.1. The molecule has 0 spiro atoms. The Bertz CT molecular complexity index is 509. The maximum Gasteiger partial charge on any atom is 0.220 e. The monoisotopic (exact) mass is 364 g/mol. The maximum absolute atomic E-state index is 12.7. The first-order valence-corrected chi connectivity index (χ1v) is 10.7. The average Bonchev–Trinajstić information content (AvgIpc) is 2.56. The van der Waals surface area contributed by atoms with Gasteiger partial charge in [0.05, 0.1) is 12.2 Å². The van der Waals surface area contributed by atoms with Crippen molar-refractivity contribution in [3.05, 3.63) is 0 Å². The van der Waals surface area contributed by atoms with Crippen LogP contribution in [0.3, 0.4) is 0 Å². The normalized spacial score (nSPS) is 42.2. The highest BCUT2D eigenvalue weighted by Gasteiger charge is 2.57. The Kier molecular flexibility index (Phi) is 5.32. The van der Waals surface area contributed by atoms with Gasteiger partial charge < -0.3 is 20.1 Å².